The molecule has 0 aliphatic carbocycles. The van der Waals surface area contributed by atoms with Crippen LogP contribution in [0.4, 0.5) is 14.5 Å². The zero-order chi connectivity index (χ0) is 12.3. The molecule has 0 saturated carbocycles. The lowest BCUT2D eigenvalue weighted by Crippen LogP contribution is -2.37. The van der Waals surface area contributed by atoms with Crippen LogP contribution in [-0.2, 0) is 4.79 Å². The Morgan fingerprint density at radius 1 is 1.41 bits per heavy atom. The summed E-state index contributed by atoms with van der Waals surface area (Å²) in [5.74, 6) is -1.89. The molecule has 0 heterocycles. The van der Waals surface area contributed by atoms with Crippen molar-refractivity contribution in [2.45, 2.75) is 13.8 Å². The smallest absolute Gasteiger partial charge is 0.231 e. The summed E-state index contributed by atoms with van der Waals surface area (Å²) in [6.07, 6.45) is 0. The van der Waals surface area contributed by atoms with Gasteiger partial charge in [-0.3, -0.25) is 4.79 Å². The number of nitrogens with two attached hydrogens (primary N) is 1. The fourth-order valence-electron chi connectivity index (χ4n) is 0.975. The SMILES string of the molecule is CC(C)(CN)C(=O)Nc1ccc(F)cc1F.Cl. The highest BCUT2D eigenvalue weighted by Gasteiger charge is 2.26. The third-order valence-electron chi connectivity index (χ3n) is 2.30. The molecule has 0 aromatic heterocycles. The Hall–Kier alpha value is -1.20. The highest BCUT2D eigenvalue weighted by atomic mass is 35.5. The maximum atomic E-state index is 13.2. The van der Waals surface area contributed by atoms with E-state index in [9.17, 15) is 13.6 Å². The molecule has 1 rings (SSSR count). The number of hydrogen-bond acceptors (Lipinski definition) is 2. The molecule has 0 spiro atoms. The topological polar surface area (TPSA) is 55.1 Å². The largest absolute Gasteiger partial charge is 0.329 e. The van der Waals surface area contributed by atoms with Gasteiger partial charge >= 0.3 is 0 Å². The lowest BCUT2D eigenvalue weighted by molar-refractivity contribution is -0.123. The average molecular weight is 265 g/mol. The van der Waals surface area contributed by atoms with E-state index in [-0.39, 0.29) is 24.6 Å². The summed E-state index contributed by atoms with van der Waals surface area (Å²) in [5.41, 5.74) is 4.57. The Morgan fingerprint density at radius 2 is 2.00 bits per heavy atom. The molecule has 6 heteroatoms. The molecule has 0 atom stereocenters. The second-order valence-electron chi connectivity index (χ2n) is 4.17. The van der Waals surface area contributed by atoms with Crippen molar-refractivity contribution in [1.82, 2.24) is 0 Å². The minimum atomic E-state index is -0.804. The van der Waals surface area contributed by atoms with Crippen LogP contribution >= 0.6 is 12.4 Å². The number of hydrogen-bond donors (Lipinski definition) is 2. The Balaban J connectivity index is 0.00000256. The van der Waals surface area contributed by atoms with Crippen molar-refractivity contribution in [3.05, 3.63) is 29.8 Å². The Morgan fingerprint density at radius 3 is 2.47 bits per heavy atom. The number of anilines is 1. The van der Waals surface area contributed by atoms with Gasteiger partial charge in [-0.05, 0) is 26.0 Å². The monoisotopic (exact) mass is 264 g/mol. The number of benzene rings is 1. The van der Waals surface area contributed by atoms with Crippen LogP contribution in [0.1, 0.15) is 13.8 Å². The Bertz CT molecular complexity index is 410. The number of amides is 1. The highest BCUT2D eigenvalue weighted by molar-refractivity contribution is 5.95. The number of nitrogens with one attached hydrogen (secondary N) is 1. The molecule has 0 aliphatic rings. The van der Waals surface area contributed by atoms with Gasteiger partial charge in [-0.25, -0.2) is 8.78 Å². The van der Waals surface area contributed by atoms with E-state index >= 15 is 0 Å². The number of rotatable bonds is 3. The second kappa shape index (κ2) is 5.93. The van der Waals surface area contributed by atoms with E-state index in [1.54, 1.807) is 13.8 Å². The van der Waals surface area contributed by atoms with E-state index in [4.69, 9.17) is 5.73 Å². The van der Waals surface area contributed by atoms with Gasteiger partial charge in [-0.1, -0.05) is 0 Å². The van der Waals surface area contributed by atoms with Crippen molar-refractivity contribution in [3.63, 3.8) is 0 Å². The molecule has 0 unspecified atom stereocenters. The van der Waals surface area contributed by atoms with Gasteiger partial charge in [-0.15, -0.1) is 12.4 Å². The summed E-state index contributed by atoms with van der Waals surface area (Å²) >= 11 is 0. The van der Waals surface area contributed by atoms with Gasteiger partial charge in [0.25, 0.3) is 0 Å². The van der Waals surface area contributed by atoms with E-state index < -0.39 is 23.0 Å². The molecular formula is C11H15ClF2N2O. The van der Waals surface area contributed by atoms with Gasteiger partial charge in [0.05, 0.1) is 11.1 Å². The van der Waals surface area contributed by atoms with E-state index in [2.05, 4.69) is 5.32 Å². The Labute approximate surface area is 105 Å². The first kappa shape index (κ1) is 15.8. The minimum absolute atomic E-state index is 0. The lowest BCUT2D eigenvalue weighted by Gasteiger charge is -2.21. The average Bonchev–Trinajstić information content (AvgIpc) is 2.22. The Kier molecular flexibility index (Phi) is 5.51. The van der Waals surface area contributed by atoms with Crippen LogP contribution in [-0.4, -0.2) is 12.5 Å². The standard InChI is InChI=1S/C11H14F2N2O.ClH/c1-11(2,6-14)10(16)15-9-4-3-7(12)5-8(9)13;/h3-5H,6,14H2,1-2H3,(H,15,16);1H. The van der Waals surface area contributed by atoms with Crippen molar-refractivity contribution in [3.8, 4) is 0 Å². The van der Waals surface area contributed by atoms with E-state index in [0.717, 1.165) is 6.07 Å². The van der Waals surface area contributed by atoms with Crippen LogP contribution in [0.25, 0.3) is 0 Å². The molecule has 1 aromatic carbocycles. The van der Waals surface area contributed by atoms with Gasteiger partial charge in [0.2, 0.25) is 5.91 Å². The van der Waals surface area contributed by atoms with Crippen molar-refractivity contribution < 1.29 is 13.6 Å². The van der Waals surface area contributed by atoms with Crippen LogP contribution in [0.3, 0.4) is 0 Å². The third-order valence-corrected chi connectivity index (χ3v) is 2.30. The van der Waals surface area contributed by atoms with Gasteiger partial charge in [0.15, 0.2) is 0 Å². The van der Waals surface area contributed by atoms with Crippen molar-refractivity contribution in [2.75, 3.05) is 11.9 Å². The first-order chi connectivity index (χ1) is 7.36. The maximum absolute atomic E-state index is 13.2. The van der Waals surface area contributed by atoms with E-state index in [1.165, 1.54) is 6.07 Å². The van der Waals surface area contributed by atoms with Crippen molar-refractivity contribution in [1.29, 1.82) is 0 Å². The van der Waals surface area contributed by atoms with Gasteiger partial charge < -0.3 is 11.1 Å². The molecule has 0 radical (unpaired) electrons. The molecule has 0 aliphatic heterocycles. The first-order valence-corrected chi connectivity index (χ1v) is 4.83. The third kappa shape index (κ3) is 3.94. The van der Waals surface area contributed by atoms with E-state index in [1.807, 2.05) is 0 Å². The minimum Gasteiger partial charge on any atom is -0.329 e. The number of carbonyl (C=O) groups excluding carboxylic acids is 1. The molecule has 0 fully saturated rings. The van der Waals surface area contributed by atoms with Gasteiger partial charge in [0, 0.05) is 12.6 Å². The van der Waals surface area contributed by atoms with Crippen LogP contribution < -0.4 is 11.1 Å². The summed E-state index contributed by atoms with van der Waals surface area (Å²) in [4.78, 5) is 11.7. The molecule has 0 saturated heterocycles. The number of carbonyl (C=O) groups is 1. The zero-order valence-corrected chi connectivity index (χ0v) is 10.4. The van der Waals surface area contributed by atoms with Gasteiger partial charge in [-0.2, -0.15) is 0 Å². The van der Waals surface area contributed by atoms with Crippen LogP contribution in [0.2, 0.25) is 0 Å². The normalized spacial score (nSPS) is 10.6. The molecule has 0 bridgehead atoms. The first-order valence-electron chi connectivity index (χ1n) is 4.83. The molecular weight excluding hydrogens is 250 g/mol. The predicted octanol–water partition coefficient (Wildman–Crippen LogP) is 2.31. The lowest BCUT2D eigenvalue weighted by atomic mass is 9.92. The van der Waals surface area contributed by atoms with E-state index in [0.29, 0.717) is 6.07 Å². The molecule has 96 valence electrons. The summed E-state index contributed by atoms with van der Waals surface area (Å²) < 4.78 is 25.8. The number of halogens is 3. The summed E-state index contributed by atoms with van der Waals surface area (Å²) in [6.45, 7) is 3.43. The van der Waals surface area contributed by atoms with Gasteiger partial charge in [0.1, 0.15) is 11.6 Å². The quantitative estimate of drug-likeness (QED) is 0.880. The molecule has 3 nitrogen and oxygen atoms in total. The molecule has 3 N–H and O–H groups in total. The molecule has 1 aromatic rings. The second-order valence-corrected chi connectivity index (χ2v) is 4.17. The molecule has 1 amide bonds. The summed E-state index contributed by atoms with van der Waals surface area (Å²) in [6, 6.07) is 2.97. The maximum Gasteiger partial charge on any atom is 0.231 e. The predicted molar refractivity (Wildman–Crippen MR) is 65.1 cm³/mol. The summed E-state index contributed by atoms with van der Waals surface area (Å²) in [5, 5.41) is 2.37. The van der Waals surface area contributed by atoms with Crippen LogP contribution in [0, 0.1) is 17.0 Å². The van der Waals surface area contributed by atoms with Crippen molar-refractivity contribution >= 4 is 24.0 Å². The molecule has 17 heavy (non-hydrogen) atoms. The highest BCUT2D eigenvalue weighted by Crippen LogP contribution is 2.19. The fraction of sp³-hybridized carbons (Fsp3) is 0.364. The summed E-state index contributed by atoms with van der Waals surface area (Å²) in [7, 11) is 0. The van der Waals surface area contributed by atoms with Crippen LogP contribution in [0.5, 0.6) is 0 Å². The zero-order valence-electron chi connectivity index (χ0n) is 9.59. The van der Waals surface area contributed by atoms with Crippen molar-refractivity contribution in [2.24, 2.45) is 11.1 Å². The van der Waals surface area contributed by atoms with Crippen LogP contribution in [0.15, 0.2) is 18.2 Å². The fourth-order valence-corrected chi connectivity index (χ4v) is 0.975.